The van der Waals surface area contributed by atoms with Gasteiger partial charge >= 0.3 is 0 Å². The van der Waals surface area contributed by atoms with E-state index in [0.29, 0.717) is 35.5 Å². The van der Waals surface area contributed by atoms with Crippen molar-refractivity contribution >= 4 is 9.84 Å². The second kappa shape index (κ2) is 4.88. The third-order valence-corrected chi connectivity index (χ3v) is 6.63. The predicted molar refractivity (Wildman–Crippen MR) is 72.9 cm³/mol. The van der Waals surface area contributed by atoms with Gasteiger partial charge in [0.25, 0.3) is 0 Å². The fourth-order valence-electron chi connectivity index (χ4n) is 2.73. The lowest BCUT2D eigenvalue weighted by Crippen LogP contribution is -2.27. The highest BCUT2D eigenvalue weighted by Crippen LogP contribution is 2.67. The van der Waals surface area contributed by atoms with Gasteiger partial charge in [-0.2, -0.15) is 0 Å². The molecule has 0 aromatic carbocycles. The summed E-state index contributed by atoms with van der Waals surface area (Å²) in [5.41, 5.74) is 0.755. The van der Waals surface area contributed by atoms with Crippen molar-refractivity contribution in [3.05, 3.63) is 0 Å². The van der Waals surface area contributed by atoms with E-state index in [0.717, 1.165) is 6.54 Å². The van der Waals surface area contributed by atoms with E-state index >= 15 is 0 Å². The van der Waals surface area contributed by atoms with Crippen LogP contribution in [0.5, 0.6) is 0 Å². The first-order valence-electron chi connectivity index (χ1n) is 6.56. The number of nitrogens with one attached hydrogen (secondary N) is 1. The first-order valence-corrected chi connectivity index (χ1v) is 8.38. The summed E-state index contributed by atoms with van der Waals surface area (Å²) in [7, 11) is -2.83. The van der Waals surface area contributed by atoms with Crippen LogP contribution in [0.3, 0.4) is 0 Å². The molecule has 4 heteroatoms. The summed E-state index contributed by atoms with van der Waals surface area (Å²) in [5.74, 6) is 1.24. The van der Waals surface area contributed by atoms with E-state index in [-0.39, 0.29) is 5.75 Å². The summed E-state index contributed by atoms with van der Waals surface area (Å²) in [4.78, 5) is 0. The molecule has 0 heterocycles. The lowest BCUT2D eigenvalue weighted by atomic mass is 10.0. The Morgan fingerprint density at radius 2 is 1.59 bits per heavy atom. The van der Waals surface area contributed by atoms with Gasteiger partial charge in [-0.25, -0.2) is 8.42 Å². The van der Waals surface area contributed by atoms with E-state index < -0.39 is 9.84 Å². The standard InChI is InChI=1S/C13H27NO2S/c1-6-8-17(15,16)9-7-14-10-11-12(2,3)13(11,4)5/h11,14H,6-10H2,1-5H3. The van der Waals surface area contributed by atoms with Crippen molar-refractivity contribution in [3.8, 4) is 0 Å². The second-order valence-electron chi connectivity index (χ2n) is 6.35. The Hall–Kier alpha value is -0.0900. The van der Waals surface area contributed by atoms with Crippen LogP contribution in [-0.4, -0.2) is 33.0 Å². The molecule has 17 heavy (non-hydrogen) atoms. The largest absolute Gasteiger partial charge is 0.315 e. The Balaban J connectivity index is 2.23. The molecule has 1 N–H and O–H groups in total. The highest BCUT2D eigenvalue weighted by molar-refractivity contribution is 7.91. The van der Waals surface area contributed by atoms with Crippen LogP contribution >= 0.6 is 0 Å². The van der Waals surface area contributed by atoms with Gasteiger partial charge < -0.3 is 5.32 Å². The quantitative estimate of drug-likeness (QED) is 0.714. The minimum atomic E-state index is -2.83. The van der Waals surface area contributed by atoms with Gasteiger partial charge in [-0.3, -0.25) is 0 Å². The molecule has 3 nitrogen and oxygen atoms in total. The van der Waals surface area contributed by atoms with Crippen LogP contribution in [0.15, 0.2) is 0 Å². The van der Waals surface area contributed by atoms with Crippen LogP contribution in [0.4, 0.5) is 0 Å². The normalized spacial score (nSPS) is 22.6. The van der Waals surface area contributed by atoms with Crippen LogP contribution in [0, 0.1) is 16.7 Å². The number of sulfone groups is 1. The summed E-state index contributed by atoms with van der Waals surface area (Å²) in [5, 5.41) is 3.29. The molecule has 0 aliphatic heterocycles. The summed E-state index contributed by atoms with van der Waals surface area (Å²) in [6.07, 6.45) is 0.713. The van der Waals surface area contributed by atoms with Gasteiger partial charge in [-0.05, 0) is 29.7 Å². The van der Waals surface area contributed by atoms with Crippen LogP contribution in [0.2, 0.25) is 0 Å². The highest BCUT2D eigenvalue weighted by atomic mass is 32.2. The van der Waals surface area contributed by atoms with E-state index in [1.807, 2.05) is 6.92 Å². The SMILES string of the molecule is CCCS(=O)(=O)CCNCC1C(C)(C)C1(C)C. The van der Waals surface area contributed by atoms with Crippen molar-refractivity contribution in [1.29, 1.82) is 0 Å². The molecule has 0 aromatic rings. The zero-order valence-electron chi connectivity index (χ0n) is 11.8. The summed E-state index contributed by atoms with van der Waals surface area (Å²) < 4.78 is 23.0. The molecule has 0 amide bonds. The topological polar surface area (TPSA) is 46.2 Å². The monoisotopic (exact) mass is 261 g/mol. The molecule has 1 aliphatic carbocycles. The molecule has 1 saturated carbocycles. The maximum absolute atomic E-state index is 11.5. The Morgan fingerprint density at radius 3 is 2.00 bits per heavy atom. The van der Waals surface area contributed by atoms with Crippen molar-refractivity contribution in [2.24, 2.45) is 16.7 Å². The lowest BCUT2D eigenvalue weighted by molar-refractivity contribution is 0.457. The highest BCUT2D eigenvalue weighted by Gasteiger charge is 2.63. The van der Waals surface area contributed by atoms with Crippen molar-refractivity contribution < 1.29 is 8.42 Å². The number of hydrogen-bond donors (Lipinski definition) is 1. The molecule has 1 rings (SSSR count). The van der Waals surface area contributed by atoms with Gasteiger partial charge in [0.2, 0.25) is 0 Å². The molecule has 1 aliphatic rings. The smallest absolute Gasteiger partial charge is 0.151 e. The van der Waals surface area contributed by atoms with Crippen molar-refractivity contribution in [3.63, 3.8) is 0 Å². The minimum absolute atomic E-state index is 0.272. The van der Waals surface area contributed by atoms with Gasteiger partial charge in [0.1, 0.15) is 0 Å². The molecule has 1 fully saturated rings. The second-order valence-corrected chi connectivity index (χ2v) is 8.66. The Kier molecular flexibility index (Phi) is 4.30. The average molecular weight is 261 g/mol. The summed E-state index contributed by atoms with van der Waals surface area (Å²) in [6, 6.07) is 0. The lowest BCUT2D eigenvalue weighted by Gasteiger charge is -2.06. The Bertz CT molecular complexity index is 344. The molecule has 102 valence electrons. The van der Waals surface area contributed by atoms with Crippen molar-refractivity contribution in [2.45, 2.75) is 41.0 Å². The maximum Gasteiger partial charge on any atom is 0.151 e. The zero-order valence-corrected chi connectivity index (χ0v) is 12.7. The first-order chi connectivity index (χ1) is 7.65. The third-order valence-electron chi connectivity index (χ3n) is 4.77. The van der Waals surface area contributed by atoms with Crippen molar-refractivity contribution in [2.75, 3.05) is 24.6 Å². The minimum Gasteiger partial charge on any atom is -0.315 e. The molecular weight excluding hydrogens is 234 g/mol. The average Bonchev–Trinajstić information content (AvgIpc) is 2.53. The predicted octanol–water partition coefficient (Wildman–Crippen LogP) is 2.08. The fraction of sp³-hybridized carbons (Fsp3) is 1.00. The molecule has 0 radical (unpaired) electrons. The Morgan fingerprint density at radius 1 is 1.06 bits per heavy atom. The van der Waals surface area contributed by atoms with E-state index in [4.69, 9.17) is 0 Å². The van der Waals surface area contributed by atoms with E-state index in [2.05, 4.69) is 33.0 Å². The molecule has 0 unspecified atom stereocenters. The van der Waals surface area contributed by atoms with Crippen LogP contribution in [0.1, 0.15) is 41.0 Å². The van der Waals surface area contributed by atoms with Gasteiger partial charge in [-0.1, -0.05) is 34.6 Å². The van der Waals surface area contributed by atoms with Gasteiger partial charge in [-0.15, -0.1) is 0 Å². The molecule has 0 aromatic heterocycles. The third kappa shape index (κ3) is 3.22. The number of hydrogen-bond acceptors (Lipinski definition) is 3. The summed E-state index contributed by atoms with van der Waals surface area (Å²) in [6.45, 7) is 12.6. The summed E-state index contributed by atoms with van der Waals surface area (Å²) >= 11 is 0. The molecule has 0 saturated heterocycles. The van der Waals surface area contributed by atoms with Crippen molar-refractivity contribution in [1.82, 2.24) is 5.32 Å². The Labute approximate surface area is 106 Å². The van der Waals surface area contributed by atoms with Gasteiger partial charge in [0.15, 0.2) is 9.84 Å². The van der Waals surface area contributed by atoms with E-state index in [1.165, 1.54) is 0 Å². The molecule has 0 atom stereocenters. The maximum atomic E-state index is 11.5. The molecule has 0 spiro atoms. The fourth-order valence-corrected chi connectivity index (χ4v) is 4.01. The molecular formula is C13H27NO2S. The number of rotatable bonds is 7. The van der Waals surface area contributed by atoms with Crippen LogP contribution in [0.25, 0.3) is 0 Å². The van der Waals surface area contributed by atoms with Crippen LogP contribution in [-0.2, 0) is 9.84 Å². The zero-order chi connectivity index (χ0) is 13.3. The van der Waals surface area contributed by atoms with E-state index in [1.54, 1.807) is 0 Å². The van der Waals surface area contributed by atoms with E-state index in [9.17, 15) is 8.42 Å². The first kappa shape index (κ1) is 15.0. The van der Waals surface area contributed by atoms with Crippen LogP contribution < -0.4 is 5.32 Å². The van der Waals surface area contributed by atoms with Gasteiger partial charge in [0.05, 0.1) is 5.75 Å². The van der Waals surface area contributed by atoms with Gasteiger partial charge in [0, 0.05) is 12.3 Å². The molecule has 0 bridgehead atoms.